The summed E-state index contributed by atoms with van der Waals surface area (Å²) in [5.41, 5.74) is 6.06. The molecule has 0 bridgehead atoms. The minimum Gasteiger partial charge on any atom is -0.388 e. The Morgan fingerprint density at radius 1 is 1.44 bits per heavy atom. The highest BCUT2D eigenvalue weighted by molar-refractivity contribution is 7.80. The predicted octanol–water partition coefficient (Wildman–Crippen LogP) is 0.750. The highest BCUT2D eigenvalue weighted by atomic mass is 32.1. The number of nitrogens with zero attached hydrogens (tertiary/aromatic N) is 2. The summed E-state index contributed by atoms with van der Waals surface area (Å²) in [6.07, 6.45) is 2.20. The molecule has 1 saturated heterocycles. The molecule has 0 aliphatic carbocycles. The van der Waals surface area contributed by atoms with Crippen molar-refractivity contribution in [1.29, 1.82) is 0 Å². The van der Waals surface area contributed by atoms with Crippen LogP contribution in [-0.4, -0.2) is 40.4 Å². The van der Waals surface area contributed by atoms with E-state index in [1.54, 1.807) is 12.1 Å². The predicted molar refractivity (Wildman–Crippen MR) is 74.4 cm³/mol. The van der Waals surface area contributed by atoms with Gasteiger partial charge in [0.25, 0.3) is 0 Å². The van der Waals surface area contributed by atoms with Gasteiger partial charge in [-0.1, -0.05) is 18.3 Å². The van der Waals surface area contributed by atoms with Gasteiger partial charge in [0.1, 0.15) is 10.8 Å². The molecule has 6 heteroatoms. The smallest absolute Gasteiger partial charge is 0.241 e. The van der Waals surface area contributed by atoms with Crippen LogP contribution in [0, 0.1) is 0 Å². The average Bonchev–Trinajstić information content (AvgIpc) is 2.90. The van der Waals surface area contributed by atoms with Crippen molar-refractivity contribution in [2.24, 2.45) is 5.73 Å². The minimum absolute atomic E-state index is 0.107. The molecule has 0 spiro atoms. The molecule has 1 aliphatic rings. The third-order valence-electron chi connectivity index (χ3n) is 2.88. The Bertz CT molecular complexity index is 457. The summed E-state index contributed by atoms with van der Waals surface area (Å²) in [6.45, 7) is 1.98. The van der Waals surface area contributed by atoms with Crippen LogP contribution in [0.15, 0.2) is 18.2 Å². The van der Waals surface area contributed by atoms with E-state index in [1.807, 2.05) is 11.0 Å². The zero-order chi connectivity index (χ0) is 13.0. The number of amides is 1. The number of nitrogens with two attached hydrogens (primary N) is 1. The molecular formula is C12H16N4OS. The normalized spacial score (nSPS) is 14.6. The molecule has 1 fully saturated rings. The molecule has 0 atom stereocenters. The second kappa shape index (κ2) is 5.77. The SMILES string of the molecule is NC(=S)c1cccc(NCC(=O)N2CCCC2)n1. The topological polar surface area (TPSA) is 71.2 Å². The van der Waals surface area contributed by atoms with Crippen LogP contribution >= 0.6 is 12.2 Å². The van der Waals surface area contributed by atoms with E-state index < -0.39 is 0 Å². The first kappa shape index (κ1) is 12.8. The first-order valence-electron chi connectivity index (χ1n) is 5.95. The van der Waals surface area contributed by atoms with Crippen molar-refractivity contribution in [1.82, 2.24) is 9.88 Å². The van der Waals surface area contributed by atoms with Crippen LogP contribution in [0.4, 0.5) is 5.82 Å². The van der Waals surface area contributed by atoms with Gasteiger partial charge in [0, 0.05) is 13.1 Å². The molecule has 1 aromatic rings. The largest absolute Gasteiger partial charge is 0.388 e. The van der Waals surface area contributed by atoms with E-state index in [1.165, 1.54) is 0 Å². The van der Waals surface area contributed by atoms with Gasteiger partial charge >= 0.3 is 0 Å². The van der Waals surface area contributed by atoms with Crippen LogP contribution in [0.5, 0.6) is 0 Å². The number of carbonyl (C=O) groups is 1. The fourth-order valence-electron chi connectivity index (χ4n) is 1.91. The zero-order valence-electron chi connectivity index (χ0n) is 10.1. The number of rotatable bonds is 4. The summed E-state index contributed by atoms with van der Waals surface area (Å²) < 4.78 is 0. The Balaban J connectivity index is 1.91. The summed E-state index contributed by atoms with van der Waals surface area (Å²) >= 11 is 4.86. The number of aromatic nitrogens is 1. The number of carbonyl (C=O) groups excluding carboxylic acids is 1. The lowest BCUT2D eigenvalue weighted by atomic mass is 10.3. The summed E-state index contributed by atoms with van der Waals surface area (Å²) in [5.74, 6) is 0.725. The van der Waals surface area contributed by atoms with E-state index in [4.69, 9.17) is 18.0 Å². The quantitative estimate of drug-likeness (QED) is 0.785. The van der Waals surface area contributed by atoms with Gasteiger partial charge in [0.2, 0.25) is 5.91 Å². The third kappa shape index (κ3) is 3.16. The molecule has 1 aliphatic heterocycles. The van der Waals surface area contributed by atoms with Crippen molar-refractivity contribution in [2.45, 2.75) is 12.8 Å². The van der Waals surface area contributed by atoms with Crippen molar-refractivity contribution < 1.29 is 4.79 Å². The Morgan fingerprint density at radius 2 is 2.17 bits per heavy atom. The van der Waals surface area contributed by atoms with Gasteiger partial charge in [-0.15, -0.1) is 0 Å². The molecule has 0 saturated carbocycles. The summed E-state index contributed by atoms with van der Waals surface area (Å²) in [7, 11) is 0. The molecule has 96 valence electrons. The van der Waals surface area contributed by atoms with Crippen LogP contribution in [0.1, 0.15) is 18.5 Å². The fourth-order valence-corrected chi connectivity index (χ4v) is 2.03. The van der Waals surface area contributed by atoms with Crippen molar-refractivity contribution in [3.8, 4) is 0 Å². The first-order valence-corrected chi connectivity index (χ1v) is 6.36. The first-order chi connectivity index (χ1) is 8.66. The monoisotopic (exact) mass is 264 g/mol. The maximum absolute atomic E-state index is 11.8. The molecule has 5 nitrogen and oxygen atoms in total. The standard InChI is InChI=1S/C12H16N4OS/c13-12(18)9-4-3-5-10(15-9)14-8-11(17)16-6-1-2-7-16/h3-5H,1-2,6-8H2,(H2,13,18)(H,14,15). The van der Waals surface area contributed by atoms with Gasteiger partial charge in [-0.25, -0.2) is 4.98 Å². The second-order valence-electron chi connectivity index (χ2n) is 4.21. The Labute approximate surface area is 111 Å². The summed E-state index contributed by atoms with van der Waals surface area (Å²) in [5, 5.41) is 3.00. The van der Waals surface area contributed by atoms with E-state index >= 15 is 0 Å². The van der Waals surface area contributed by atoms with E-state index in [2.05, 4.69) is 10.3 Å². The Hall–Kier alpha value is -1.69. The van der Waals surface area contributed by atoms with Crippen LogP contribution in [0.3, 0.4) is 0 Å². The van der Waals surface area contributed by atoms with Crippen LogP contribution < -0.4 is 11.1 Å². The minimum atomic E-state index is 0.107. The van der Waals surface area contributed by atoms with Crippen LogP contribution in [0.25, 0.3) is 0 Å². The fraction of sp³-hybridized carbons (Fsp3) is 0.417. The number of thiocarbonyl (C=S) groups is 1. The van der Waals surface area contributed by atoms with Gasteiger partial charge in [-0.2, -0.15) is 0 Å². The maximum Gasteiger partial charge on any atom is 0.241 e. The number of pyridine rings is 1. The molecule has 0 radical (unpaired) electrons. The molecule has 0 unspecified atom stereocenters. The van der Waals surface area contributed by atoms with E-state index in [0.29, 0.717) is 11.5 Å². The molecule has 2 heterocycles. The average molecular weight is 264 g/mol. The maximum atomic E-state index is 11.8. The van der Waals surface area contributed by atoms with Gasteiger partial charge < -0.3 is 16.0 Å². The lowest BCUT2D eigenvalue weighted by molar-refractivity contribution is -0.128. The van der Waals surface area contributed by atoms with Crippen LogP contribution in [-0.2, 0) is 4.79 Å². The van der Waals surface area contributed by atoms with Gasteiger partial charge in [-0.3, -0.25) is 4.79 Å². The van der Waals surface area contributed by atoms with Crippen molar-refractivity contribution in [2.75, 3.05) is 25.0 Å². The number of hydrogen-bond donors (Lipinski definition) is 2. The number of hydrogen-bond acceptors (Lipinski definition) is 4. The van der Waals surface area contributed by atoms with Gasteiger partial charge in [0.05, 0.1) is 12.2 Å². The van der Waals surface area contributed by atoms with Crippen LogP contribution in [0.2, 0.25) is 0 Å². The molecule has 18 heavy (non-hydrogen) atoms. The lowest BCUT2D eigenvalue weighted by Gasteiger charge is -2.15. The molecule has 1 amide bonds. The Kier molecular flexibility index (Phi) is 4.09. The lowest BCUT2D eigenvalue weighted by Crippen LogP contribution is -2.33. The van der Waals surface area contributed by atoms with Crippen molar-refractivity contribution >= 4 is 28.9 Å². The van der Waals surface area contributed by atoms with Crippen molar-refractivity contribution in [3.63, 3.8) is 0 Å². The van der Waals surface area contributed by atoms with E-state index in [-0.39, 0.29) is 17.4 Å². The van der Waals surface area contributed by atoms with Gasteiger partial charge in [-0.05, 0) is 25.0 Å². The highest BCUT2D eigenvalue weighted by Gasteiger charge is 2.17. The summed E-state index contributed by atoms with van der Waals surface area (Å²) in [6, 6.07) is 5.35. The molecular weight excluding hydrogens is 248 g/mol. The number of nitrogens with one attached hydrogen (secondary N) is 1. The molecule has 3 N–H and O–H groups in total. The Morgan fingerprint density at radius 3 is 2.83 bits per heavy atom. The highest BCUT2D eigenvalue weighted by Crippen LogP contribution is 2.08. The molecule has 0 aromatic carbocycles. The van der Waals surface area contributed by atoms with Crippen molar-refractivity contribution in [3.05, 3.63) is 23.9 Å². The van der Waals surface area contributed by atoms with E-state index in [9.17, 15) is 4.79 Å². The number of anilines is 1. The molecule has 2 rings (SSSR count). The van der Waals surface area contributed by atoms with E-state index in [0.717, 1.165) is 25.9 Å². The van der Waals surface area contributed by atoms with Gasteiger partial charge in [0.15, 0.2) is 0 Å². The zero-order valence-corrected chi connectivity index (χ0v) is 10.9. The molecule has 1 aromatic heterocycles. The third-order valence-corrected chi connectivity index (χ3v) is 3.09. The number of likely N-dealkylation sites (tertiary alicyclic amines) is 1. The summed E-state index contributed by atoms with van der Waals surface area (Å²) in [4.78, 5) is 18.2. The second-order valence-corrected chi connectivity index (χ2v) is 4.65.